The second-order valence-electron chi connectivity index (χ2n) is 6.50. The number of hydrogen-bond acceptors (Lipinski definition) is 4. The van der Waals surface area contributed by atoms with E-state index in [4.69, 9.17) is 15.0 Å². The van der Waals surface area contributed by atoms with Crippen molar-refractivity contribution < 1.29 is 14.1 Å². The zero-order valence-corrected chi connectivity index (χ0v) is 12.9. The summed E-state index contributed by atoms with van der Waals surface area (Å²) in [5.41, 5.74) is 5.05. The monoisotopic (exact) mass is 303 g/mol. The number of hydrogen-bond donors (Lipinski definition) is 3. The number of primary amides is 1. The summed E-state index contributed by atoms with van der Waals surface area (Å²) < 4.78 is 12.0. The van der Waals surface area contributed by atoms with Crippen molar-refractivity contribution in [3.63, 3.8) is 0 Å². The Balaban J connectivity index is 2.15. The number of nitrogens with one attached hydrogen (secondary N) is 2. The maximum absolute atomic E-state index is 11.9. The molecule has 1 amide bonds. The Hall–Kier alpha value is -2.06. The molecule has 1 aliphatic rings. The normalized spacial score (nSPS) is 19.7. The Kier molecular flexibility index (Phi) is 3.02. The summed E-state index contributed by atoms with van der Waals surface area (Å²) in [6.07, 6.45) is 1.55. The third-order valence-electron chi connectivity index (χ3n) is 4.49. The van der Waals surface area contributed by atoms with Crippen molar-refractivity contribution >= 4 is 29.4 Å². The first-order valence-electron chi connectivity index (χ1n) is 7.02. The highest BCUT2D eigenvalue weighted by Crippen LogP contribution is 2.36. The molecule has 0 unspecified atom stereocenters. The Morgan fingerprint density at radius 1 is 1.23 bits per heavy atom. The van der Waals surface area contributed by atoms with E-state index in [0.717, 1.165) is 0 Å². The van der Waals surface area contributed by atoms with Gasteiger partial charge in [-0.05, 0) is 33.8 Å². The standard InChI is InChI=1S/C14H18BN3O4/c1-13(2)14(3,4)22-15(21-13)8-6-17-12(20)10-7(8)5-9(18-10)11(16)19/h5-6,18H,1-4H3,(H2,16,19)(H,17,20). The minimum Gasteiger partial charge on any atom is -0.399 e. The van der Waals surface area contributed by atoms with Gasteiger partial charge in [0, 0.05) is 17.0 Å². The van der Waals surface area contributed by atoms with Crippen molar-refractivity contribution in [2.24, 2.45) is 5.73 Å². The van der Waals surface area contributed by atoms with Crippen LogP contribution in [0.5, 0.6) is 0 Å². The summed E-state index contributed by atoms with van der Waals surface area (Å²) in [6.45, 7) is 7.79. The number of rotatable bonds is 2. The number of H-pyrrole nitrogens is 2. The predicted octanol–water partition coefficient (Wildman–Crippen LogP) is 0.254. The van der Waals surface area contributed by atoms with Gasteiger partial charge in [0.15, 0.2) is 0 Å². The van der Waals surface area contributed by atoms with Gasteiger partial charge < -0.3 is 25.0 Å². The van der Waals surface area contributed by atoms with Gasteiger partial charge in [-0.2, -0.15) is 0 Å². The molecule has 116 valence electrons. The van der Waals surface area contributed by atoms with Crippen LogP contribution in [0.15, 0.2) is 17.1 Å². The fourth-order valence-electron chi connectivity index (χ4n) is 2.45. The van der Waals surface area contributed by atoms with E-state index in [1.807, 2.05) is 27.7 Å². The second-order valence-corrected chi connectivity index (χ2v) is 6.50. The SMILES string of the molecule is CC1(C)OB(c2c[nH]c(=O)c3[nH]c(C(N)=O)cc23)OC1(C)C. The molecule has 0 saturated carbocycles. The highest BCUT2D eigenvalue weighted by Gasteiger charge is 2.52. The molecule has 2 aromatic heterocycles. The number of nitrogens with two attached hydrogens (primary N) is 1. The summed E-state index contributed by atoms with van der Waals surface area (Å²) in [4.78, 5) is 28.6. The largest absolute Gasteiger partial charge is 0.497 e. The van der Waals surface area contributed by atoms with E-state index in [1.165, 1.54) is 0 Å². The molecule has 22 heavy (non-hydrogen) atoms. The number of amides is 1. The third kappa shape index (κ3) is 2.07. The molecule has 8 heteroatoms. The van der Waals surface area contributed by atoms with E-state index < -0.39 is 24.2 Å². The number of fused-ring (bicyclic) bond motifs is 1. The van der Waals surface area contributed by atoms with Gasteiger partial charge in [0.2, 0.25) is 0 Å². The van der Waals surface area contributed by atoms with Gasteiger partial charge in [-0.1, -0.05) is 0 Å². The molecule has 2 aromatic rings. The number of carbonyl (C=O) groups is 1. The van der Waals surface area contributed by atoms with E-state index >= 15 is 0 Å². The van der Waals surface area contributed by atoms with Crippen LogP contribution in [0.3, 0.4) is 0 Å². The lowest BCUT2D eigenvalue weighted by Gasteiger charge is -2.32. The molecular formula is C14H18BN3O4. The van der Waals surface area contributed by atoms with Gasteiger partial charge >= 0.3 is 7.12 Å². The quantitative estimate of drug-likeness (QED) is 0.691. The van der Waals surface area contributed by atoms with E-state index in [0.29, 0.717) is 10.8 Å². The molecule has 3 rings (SSSR count). The van der Waals surface area contributed by atoms with Crippen LogP contribution in [-0.4, -0.2) is 34.2 Å². The van der Waals surface area contributed by atoms with Crippen LogP contribution < -0.4 is 16.8 Å². The van der Waals surface area contributed by atoms with Crippen LogP contribution in [-0.2, 0) is 9.31 Å². The Labute approximate surface area is 127 Å². The Morgan fingerprint density at radius 3 is 2.36 bits per heavy atom. The second kappa shape index (κ2) is 4.47. The van der Waals surface area contributed by atoms with Gasteiger partial charge in [0.25, 0.3) is 11.5 Å². The summed E-state index contributed by atoms with van der Waals surface area (Å²) in [5, 5.41) is 0.566. The van der Waals surface area contributed by atoms with Crippen molar-refractivity contribution in [1.29, 1.82) is 0 Å². The predicted molar refractivity (Wildman–Crippen MR) is 83.2 cm³/mol. The van der Waals surface area contributed by atoms with Gasteiger partial charge in [0.1, 0.15) is 11.2 Å². The average molecular weight is 303 g/mol. The van der Waals surface area contributed by atoms with Crippen LogP contribution in [0, 0.1) is 0 Å². The van der Waals surface area contributed by atoms with Gasteiger partial charge in [-0.15, -0.1) is 0 Å². The molecule has 1 aliphatic heterocycles. The fraction of sp³-hybridized carbons (Fsp3) is 0.429. The van der Waals surface area contributed by atoms with Crippen molar-refractivity contribution in [2.45, 2.75) is 38.9 Å². The number of pyridine rings is 1. The molecule has 1 fully saturated rings. The zero-order valence-electron chi connectivity index (χ0n) is 12.9. The smallest absolute Gasteiger partial charge is 0.399 e. The van der Waals surface area contributed by atoms with Crippen molar-refractivity contribution in [3.05, 3.63) is 28.3 Å². The topological polar surface area (TPSA) is 110 Å². The number of carbonyl (C=O) groups excluding carboxylic acids is 1. The first kappa shape index (κ1) is 14.9. The van der Waals surface area contributed by atoms with Crippen LogP contribution in [0.25, 0.3) is 10.9 Å². The number of aromatic nitrogens is 2. The minimum atomic E-state index is -0.638. The number of aromatic amines is 2. The highest BCUT2D eigenvalue weighted by atomic mass is 16.7. The maximum atomic E-state index is 11.9. The maximum Gasteiger partial charge on any atom is 0.497 e. The fourth-order valence-corrected chi connectivity index (χ4v) is 2.45. The van der Waals surface area contributed by atoms with Crippen LogP contribution >= 0.6 is 0 Å². The van der Waals surface area contributed by atoms with Crippen molar-refractivity contribution in [1.82, 2.24) is 9.97 Å². The lowest BCUT2D eigenvalue weighted by molar-refractivity contribution is 0.00578. The first-order valence-corrected chi connectivity index (χ1v) is 7.02. The Bertz CT molecular complexity index is 805. The van der Waals surface area contributed by atoms with E-state index in [-0.39, 0.29) is 16.8 Å². The summed E-state index contributed by atoms with van der Waals surface area (Å²) in [7, 11) is -0.638. The summed E-state index contributed by atoms with van der Waals surface area (Å²) >= 11 is 0. The average Bonchev–Trinajstić information content (AvgIpc) is 2.91. The lowest BCUT2D eigenvalue weighted by atomic mass is 9.78. The van der Waals surface area contributed by atoms with Crippen LogP contribution in [0.1, 0.15) is 38.2 Å². The highest BCUT2D eigenvalue weighted by molar-refractivity contribution is 6.65. The molecule has 0 aliphatic carbocycles. The first-order chi connectivity index (χ1) is 10.1. The van der Waals surface area contributed by atoms with Crippen molar-refractivity contribution in [3.8, 4) is 0 Å². The molecule has 0 atom stereocenters. The third-order valence-corrected chi connectivity index (χ3v) is 4.49. The molecule has 0 aromatic carbocycles. The summed E-state index contributed by atoms with van der Waals surface area (Å²) in [5.74, 6) is -0.629. The summed E-state index contributed by atoms with van der Waals surface area (Å²) in [6, 6.07) is 1.55. The molecule has 0 bridgehead atoms. The molecule has 1 saturated heterocycles. The van der Waals surface area contributed by atoms with Crippen LogP contribution in [0.4, 0.5) is 0 Å². The van der Waals surface area contributed by atoms with Gasteiger partial charge in [-0.25, -0.2) is 0 Å². The minimum absolute atomic E-state index is 0.171. The van der Waals surface area contributed by atoms with E-state index in [2.05, 4.69) is 9.97 Å². The van der Waals surface area contributed by atoms with Gasteiger partial charge in [0.05, 0.1) is 11.2 Å². The van der Waals surface area contributed by atoms with E-state index in [1.54, 1.807) is 12.3 Å². The van der Waals surface area contributed by atoms with E-state index in [9.17, 15) is 9.59 Å². The molecule has 0 spiro atoms. The zero-order chi connectivity index (χ0) is 16.3. The van der Waals surface area contributed by atoms with Crippen molar-refractivity contribution in [2.75, 3.05) is 0 Å². The molecule has 0 radical (unpaired) electrons. The van der Waals surface area contributed by atoms with Gasteiger partial charge in [-0.3, -0.25) is 9.59 Å². The molecule has 4 N–H and O–H groups in total. The lowest BCUT2D eigenvalue weighted by Crippen LogP contribution is -2.41. The molecule has 7 nitrogen and oxygen atoms in total. The molecule has 3 heterocycles. The van der Waals surface area contributed by atoms with Crippen LogP contribution in [0.2, 0.25) is 0 Å². The molecular weight excluding hydrogens is 285 g/mol. The Morgan fingerprint density at radius 2 is 1.82 bits per heavy atom.